The maximum absolute atomic E-state index is 12.8. The predicted molar refractivity (Wildman–Crippen MR) is 88.2 cm³/mol. The first kappa shape index (κ1) is 15.1. The van der Waals surface area contributed by atoms with Gasteiger partial charge in [0.1, 0.15) is 5.78 Å². The fourth-order valence-electron chi connectivity index (χ4n) is 3.21. The lowest BCUT2D eigenvalue weighted by Gasteiger charge is -2.35. The van der Waals surface area contributed by atoms with Crippen molar-refractivity contribution >= 4 is 34.8 Å². The van der Waals surface area contributed by atoms with E-state index in [1.807, 2.05) is 16.7 Å². The van der Waals surface area contributed by atoms with Gasteiger partial charge >= 0.3 is 0 Å². The molecule has 1 aromatic heterocycles. The van der Waals surface area contributed by atoms with Crippen molar-refractivity contribution in [2.75, 3.05) is 12.3 Å². The first-order valence-electron chi connectivity index (χ1n) is 7.65. The zero-order chi connectivity index (χ0) is 14.8. The molecule has 2 aliphatic heterocycles. The molecule has 1 unspecified atom stereocenters. The molecule has 1 fully saturated rings. The molecule has 3 heterocycles. The summed E-state index contributed by atoms with van der Waals surface area (Å²) >= 11 is 3.61. The highest BCUT2D eigenvalue weighted by Crippen LogP contribution is 2.33. The summed E-state index contributed by atoms with van der Waals surface area (Å²) in [7, 11) is 0. The van der Waals surface area contributed by atoms with Gasteiger partial charge in [-0.2, -0.15) is 11.8 Å². The van der Waals surface area contributed by atoms with Crippen LogP contribution in [0.15, 0.2) is 6.07 Å². The van der Waals surface area contributed by atoms with Crippen molar-refractivity contribution in [3.8, 4) is 0 Å². The number of hydrogen-bond donors (Lipinski definition) is 0. The van der Waals surface area contributed by atoms with Crippen LogP contribution in [0.2, 0.25) is 0 Å². The number of fused-ring (bicyclic) bond motifs is 1. The number of carbonyl (C=O) groups is 2. The van der Waals surface area contributed by atoms with Gasteiger partial charge in [0.15, 0.2) is 0 Å². The van der Waals surface area contributed by atoms with Crippen LogP contribution in [0.1, 0.15) is 52.7 Å². The van der Waals surface area contributed by atoms with Gasteiger partial charge < -0.3 is 4.90 Å². The summed E-state index contributed by atoms with van der Waals surface area (Å²) in [6.07, 6.45) is 4.74. The normalized spacial score (nSPS) is 22.0. The van der Waals surface area contributed by atoms with E-state index in [1.54, 1.807) is 18.3 Å². The molecular weight excluding hydrogens is 302 g/mol. The second-order valence-corrected chi connectivity index (χ2v) is 8.16. The summed E-state index contributed by atoms with van der Waals surface area (Å²) in [6, 6.07) is 2.20. The third-order valence-electron chi connectivity index (χ3n) is 4.25. The standard InChI is InChI=1S/C16H21NO2S2/c1-11(18)8-13-4-2-3-6-17(13)16(19)15-9-12-10-20-7-5-14(12)21-15/h9,13H,2-8,10H2,1H3. The lowest BCUT2D eigenvalue weighted by Crippen LogP contribution is -2.44. The van der Waals surface area contributed by atoms with E-state index in [0.29, 0.717) is 6.42 Å². The molecule has 0 spiro atoms. The largest absolute Gasteiger partial charge is 0.335 e. The fourth-order valence-corrected chi connectivity index (χ4v) is 5.53. The quantitative estimate of drug-likeness (QED) is 0.854. The summed E-state index contributed by atoms with van der Waals surface area (Å²) in [5.74, 6) is 2.53. The van der Waals surface area contributed by atoms with Gasteiger partial charge in [0.25, 0.3) is 5.91 Å². The number of rotatable bonds is 3. The first-order valence-corrected chi connectivity index (χ1v) is 9.62. The Labute approximate surface area is 134 Å². The number of hydrogen-bond acceptors (Lipinski definition) is 4. The number of amides is 1. The Morgan fingerprint density at radius 1 is 1.38 bits per heavy atom. The van der Waals surface area contributed by atoms with Crippen LogP contribution in [0.3, 0.4) is 0 Å². The molecule has 3 rings (SSSR count). The smallest absolute Gasteiger partial charge is 0.264 e. The Kier molecular flexibility index (Phi) is 4.69. The zero-order valence-corrected chi connectivity index (χ0v) is 14.0. The number of piperidine rings is 1. The first-order chi connectivity index (χ1) is 10.1. The van der Waals surface area contributed by atoms with Crippen molar-refractivity contribution < 1.29 is 9.59 Å². The lowest BCUT2D eigenvalue weighted by molar-refractivity contribution is -0.118. The summed E-state index contributed by atoms with van der Waals surface area (Å²) in [4.78, 5) is 28.5. The Hall–Kier alpha value is -0.810. The number of ketones is 1. The van der Waals surface area contributed by atoms with Gasteiger partial charge in [-0.1, -0.05) is 0 Å². The highest BCUT2D eigenvalue weighted by Gasteiger charge is 2.30. The van der Waals surface area contributed by atoms with Crippen LogP contribution in [-0.4, -0.2) is 34.9 Å². The highest BCUT2D eigenvalue weighted by atomic mass is 32.2. The maximum atomic E-state index is 12.8. The SMILES string of the molecule is CC(=O)CC1CCCCN1C(=O)c1cc2c(s1)CCSC2. The van der Waals surface area contributed by atoms with Gasteiger partial charge in [0, 0.05) is 29.6 Å². The minimum atomic E-state index is 0.109. The van der Waals surface area contributed by atoms with Gasteiger partial charge in [-0.3, -0.25) is 9.59 Å². The average Bonchev–Trinajstić information content (AvgIpc) is 2.90. The van der Waals surface area contributed by atoms with Crippen LogP contribution < -0.4 is 0 Å². The number of likely N-dealkylation sites (tertiary alicyclic amines) is 1. The van der Waals surface area contributed by atoms with Crippen LogP contribution >= 0.6 is 23.1 Å². The Balaban J connectivity index is 1.78. The molecule has 3 nitrogen and oxygen atoms in total. The van der Waals surface area contributed by atoms with E-state index in [1.165, 1.54) is 10.4 Å². The number of Topliss-reactive ketones (excluding diaryl/α,β-unsaturated/α-hetero) is 1. The molecule has 0 aliphatic carbocycles. The number of carbonyl (C=O) groups excluding carboxylic acids is 2. The number of aryl methyl sites for hydroxylation is 1. The molecule has 1 amide bonds. The van der Waals surface area contributed by atoms with Crippen LogP contribution in [0, 0.1) is 0 Å². The second kappa shape index (κ2) is 6.53. The maximum Gasteiger partial charge on any atom is 0.264 e. The number of nitrogens with zero attached hydrogens (tertiary/aromatic N) is 1. The van der Waals surface area contributed by atoms with Crippen molar-refractivity contribution in [3.63, 3.8) is 0 Å². The predicted octanol–water partition coefficient (Wildman–Crippen LogP) is 3.51. The zero-order valence-electron chi connectivity index (χ0n) is 12.4. The molecule has 0 aromatic carbocycles. The average molecular weight is 323 g/mol. The van der Waals surface area contributed by atoms with Crippen molar-refractivity contribution in [3.05, 3.63) is 21.4 Å². The molecule has 0 radical (unpaired) electrons. The molecular formula is C16H21NO2S2. The van der Waals surface area contributed by atoms with Crippen molar-refractivity contribution in [2.24, 2.45) is 0 Å². The minimum Gasteiger partial charge on any atom is -0.335 e. The summed E-state index contributed by atoms with van der Waals surface area (Å²) in [5.41, 5.74) is 1.35. The molecule has 0 bridgehead atoms. The van der Waals surface area contributed by atoms with Gasteiger partial charge in [0.05, 0.1) is 4.88 Å². The second-order valence-electron chi connectivity index (χ2n) is 5.92. The molecule has 5 heteroatoms. The Morgan fingerprint density at radius 3 is 3.00 bits per heavy atom. The van der Waals surface area contributed by atoms with Gasteiger partial charge in [-0.05, 0) is 50.0 Å². The molecule has 0 N–H and O–H groups in total. The van der Waals surface area contributed by atoms with E-state index in [9.17, 15) is 9.59 Å². The highest BCUT2D eigenvalue weighted by molar-refractivity contribution is 7.98. The third kappa shape index (κ3) is 3.34. The summed E-state index contributed by atoms with van der Waals surface area (Å²) < 4.78 is 0. The Bertz CT molecular complexity index is 529. The lowest BCUT2D eigenvalue weighted by atomic mass is 9.97. The van der Waals surface area contributed by atoms with E-state index >= 15 is 0 Å². The topological polar surface area (TPSA) is 37.4 Å². The molecule has 1 aromatic rings. The van der Waals surface area contributed by atoms with Gasteiger partial charge in [-0.25, -0.2) is 0 Å². The van der Waals surface area contributed by atoms with Crippen LogP contribution in [0.5, 0.6) is 0 Å². The van der Waals surface area contributed by atoms with Crippen molar-refractivity contribution in [2.45, 2.75) is 50.8 Å². The molecule has 21 heavy (non-hydrogen) atoms. The van der Waals surface area contributed by atoms with Crippen LogP contribution in [-0.2, 0) is 17.0 Å². The number of thiophene rings is 1. The fraction of sp³-hybridized carbons (Fsp3) is 0.625. The van der Waals surface area contributed by atoms with Crippen molar-refractivity contribution in [1.82, 2.24) is 4.90 Å². The Morgan fingerprint density at radius 2 is 2.24 bits per heavy atom. The van der Waals surface area contributed by atoms with E-state index in [2.05, 4.69) is 6.07 Å². The van der Waals surface area contributed by atoms with E-state index in [-0.39, 0.29) is 17.7 Å². The van der Waals surface area contributed by atoms with E-state index in [0.717, 1.165) is 48.6 Å². The monoisotopic (exact) mass is 323 g/mol. The van der Waals surface area contributed by atoms with Crippen LogP contribution in [0.4, 0.5) is 0 Å². The summed E-state index contributed by atoms with van der Waals surface area (Å²) in [6.45, 7) is 2.42. The summed E-state index contributed by atoms with van der Waals surface area (Å²) in [5, 5.41) is 0. The van der Waals surface area contributed by atoms with Crippen molar-refractivity contribution in [1.29, 1.82) is 0 Å². The minimum absolute atomic E-state index is 0.109. The molecule has 0 saturated carbocycles. The van der Waals surface area contributed by atoms with Gasteiger partial charge in [-0.15, -0.1) is 11.3 Å². The third-order valence-corrected chi connectivity index (χ3v) is 6.48. The molecule has 114 valence electrons. The van der Waals surface area contributed by atoms with Crippen LogP contribution in [0.25, 0.3) is 0 Å². The molecule has 2 aliphatic rings. The van der Waals surface area contributed by atoms with Gasteiger partial charge in [0.2, 0.25) is 0 Å². The van der Waals surface area contributed by atoms with E-state index < -0.39 is 0 Å². The number of thioether (sulfide) groups is 1. The molecule has 1 atom stereocenters. The van der Waals surface area contributed by atoms with E-state index in [4.69, 9.17) is 0 Å². The molecule has 1 saturated heterocycles.